The smallest absolute Gasteiger partial charge is 0.436 e. The number of nitrogens with one attached hydrogen (secondary N) is 5. The molecule has 12 aromatic rings. The molecule has 15 heterocycles. The molecule has 3 fully saturated rings. The Morgan fingerprint density at radius 1 is 0.510 bits per heavy atom. The summed E-state index contributed by atoms with van der Waals surface area (Å²) in [5.41, 5.74) is 0.785. The second-order valence-corrected chi connectivity index (χ2v) is 26.9. The Morgan fingerprint density at radius 2 is 0.933 bits per heavy atom. The number of halogens is 13. The van der Waals surface area contributed by atoms with Crippen molar-refractivity contribution < 1.29 is 49.0 Å². The first-order chi connectivity index (χ1) is 49.3. The molecule has 0 saturated carbocycles. The van der Waals surface area contributed by atoms with Crippen molar-refractivity contribution in [3.8, 4) is 34.6 Å². The molecule has 6 unspecified atom stereocenters. The number of aromatic nitrogens is 21. The van der Waals surface area contributed by atoms with Gasteiger partial charge in [0.1, 0.15) is 54.9 Å². The molecular formula is C63H61Cl4F9N26O2. The molecule has 3 saturated heterocycles. The van der Waals surface area contributed by atoms with Gasteiger partial charge in [0, 0.05) is 105 Å². The molecule has 3 aliphatic rings. The number of fused-ring (bicyclic) bond motifs is 3. The summed E-state index contributed by atoms with van der Waals surface area (Å²) in [5, 5.41) is 29.4. The molecule has 546 valence electrons. The van der Waals surface area contributed by atoms with Gasteiger partial charge in [-0.25, -0.2) is 64.6 Å². The monoisotopic (exact) mass is 1520 g/mol. The van der Waals surface area contributed by atoms with Gasteiger partial charge >= 0.3 is 24.6 Å². The minimum atomic E-state index is -4.57. The van der Waals surface area contributed by atoms with Gasteiger partial charge < -0.3 is 30.5 Å². The summed E-state index contributed by atoms with van der Waals surface area (Å²) < 4.78 is 127. The number of carbonyl (C=O) groups excluding carboxylic acids is 1. The van der Waals surface area contributed by atoms with Crippen LogP contribution < -0.4 is 25.8 Å². The average molecular weight is 1530 g/mol. The maximum atomic E-state index is 13.1. The molecule has 41 heteroatoms. The van der Waals surface area contributed by atoms with Gasteiger partial charge in [-0.2, -0.15) is 59.5 Å². The molecule has 0 amide bonds. The first kappa shape index (κ1) is 73.9. The van der Waals surface area contributed by atoms with Gasteiger partial charge in [-0.1, -0.05) is 53.3 Å². The van der Waals surface area contributed by atoms with Gasteiger partial charge in [-0.15, -0.1) is 0 Å². The van der Waals surface area contributed by atoms with E-state index >= 15 is 0 Å². The number of aromatic amines is 2. The van der Waals surface area contributed by atoms with E-state index in [1.165, 1.54) is 44.1 Å². The second-order valence-electron chi connectivity index (χ2n) is 25.4. The van der Waals surface area contributed by atoms with Crippen LogP contribution in [0.1, 0.15) is 99.7 Å². The SMILES string of the molecule is CC1CN(c2ccnc(-c3cnc4cnc(C(F)(F)F)cn34)n2)CC(c2cn[nH]c2Cl)N1.CC1CN(c2ccnc(-c3cnc4cnc(C(F)(F)F)cn34)n2)CC(c2cn[nH]c2Cl)N1.CC1CNCC(c2cnn(C(=O)OC(C)(C)C)c2Cl)C1.FC(F)(F)c1cn2c(-c3nccc(Cl)n3)cnc2cn1. The third kappa shape index (κ3) is 17.0. The summed E-state index contributed by atoms with van der Waals surface area (Å²) in [4.78, 5) is 64.3. The van der Waals surface area contributed by atoms with Crippen LogP contribution in [0.4, 0.5) is 55.9 Å². The van der Waals surface area contributed by atoms with E-state index in [-0.39, 0.29) is 63.7 Å². The zero-order valence-corrected chi connectivity index (χ0v) is 58.5. The Labute approximate surface area is 603 Å². The number of ether oxygens (including phenoxy) is 1. The fraction of sp³-hybridized carbons (Fsp3) is 0.365. The van der Waals surface area contributed by atoms with Crippen molar-refractivity contribution in [3.63, 3.8) is 0 Å². The molecule has 28 nitrogen and oxygen atoms in total. The lowest BCUT2D eigenvalue weighted by molar-refractivity contribution is -0.142. The molecule has 6 atom stereocenters. The Morgan fingerprint density at radius 3 is 1.32 bits per heavy atom. The second kappa shape index (κ2) is 30.1. The zero-order chi connectivity index (χ0) is 74.2. The Kier molecular flexibility index (Phi) is 21.4. The van der Waals surface area contributed by atoms with Gasteiger partial charge in [0.05, 0.1) is 67.9 Å². The van der Waals surface area contributed by atoms with Gasteiger partial charge in [-0.3, -0.25) is 23.4 Å². The predicted molar refractivity (Wildman–Crippen MR) is 363 cm³/mol. The standard InChI is InChI=1S/2C19H17ClF3N9.C14H22ClN3O2.C11H5ClF3N5/c2*1-10-7-31(8-12(28-10)11-4-27-30-17(11)20)15-2-3-24-18(29-15)13-5-26-16-6-25-14(9-32(13)16)19(21,22)23;1-9-5-10(7-16-6-9)11-8-17-18(12(11)15)13(19)20-14(2,3)4;12-8-1-2-16-10(19-8)6-3-18-9-4-17-7(5-20(6)9)11(13,14)15/h2*2-6,9-10,12,28H,7-8H2,1H3,(H,27,30);8-10,16H,5-7H2,1-4H3;1-5H. The number of rotatable bonds is 8. The molecule has 0 aliphatic carbocycles. The van der Waals surface area contributed by atoms with Crippen molar-refractivity contribution in [2.75, 3.05) is 49.1 Å². The molecule has 0 spiro atoms. The van der Waals surface area contributed by atoms with Crippen LogP contribution in [0, 0.1) is 5.92 Å². The normalized spacial score (nSPS) is 18.9. The van der Waals surface area contributed by atoms with E-state index in [2.05, 4.69) is 118 Å². The lowest BCUT2D eigenvalue weighted by Gasteiger charge is -2.38. The fourth-order valence-electron chi connectivity index (χ4n) is 11.8. The number of nitrogens with zero attached hydrogens (tertiary/aromatic N) is 21. The number of alkyl halides is 9. The van der Waals surface area contributed by atoms with Crippen molar-refractivity contribution in [1.29, 1.82) is 0 Å². The fourth-order valence-corrected chi connectivity index (χ4v) is 12.7. The van der Waals surface area contributed by atoms with Crippen LogP contribution in [0.5, 0.6) is 0 Å². The van der Waals surface area contributed by atoms with Crippen LogP contribution >= 0.6 is 46.4 Å². The molecule has 0 radical (unpaired) electrons. The maximum absolute atomic E-state index is 13.1. The molecular weight excluding hydrogens is 1470 g/mol. The molecule has 15 rings (SSSR count). The van der Waals surface area contributed by atoms with E-state index in [0.717, 1.165) is 78.1 Å². The molecule has 0 bridgehead atoms. The van der Waals surface area contributed by atoms with Gasteiger partial charge in [-0.05, 0) is 71.7 Å². The summed E-state index contributed by atoms with van der Waals surface area (Å²) in [7, 11) is 0. The molecule has 5 N–H and O–H groups in total. The molecule has 12 aromatic heterocycles. The highest BCUT2D eigenvalue weighted by atomic mass is 35.5. The van der Waals surface area contributed by atoms with Crippen LogP contribution in [0.3, 0.4) is 0 Å². The van der Waals surface area contributed by atoms with Crippen LogP contribution in [-0.4, -0.2) is 166 Å². The average Bonchev–Trinajstić information content (AvgIpc) is 1.62. The van der Waals surface area contributed by atoms with E-state index in [4.69, 9.17) is 51.1 Å². The summed E-state index contributed by atoms with van der Waals surface area (Å²) in [6.45, 7) is 16.1. The largest absolute Gasteiger partial charge is 0.442 e. The number of hydrogen-bond donors (Lipinski definition) is 5. The van der Waals surface area contributed by atoms with Crippen molar-refractivity contribution >= 4 is 81.1 Å². The number of piperidine rings is 1. The van der Waals surface area contributed by atoms with Gasteiger partial charge in [0.2, 0.25) is 0 Å². The van der Waals surface area contributed by atoms with Crippen molar-refractivity contribution in [2.45, 2.75) is 102 Å². The number of piperazine rings is 2. The number of hydrogen-bond acceptors (Lipinski definition) is 22. The van der Waals surface area contributed by atoms with E-state index in [1.54, 1.807) is 43.1 Å². The third-order valence-electron chi connectivity index (χ3n) is 16.4. The number of H-pyrrole nitrogens is 2. The Balaban J connectivity index is 0.000000134. The van der Waals surface area contributed by atoms with E-state index in [9.17, 15) is 44.3 Å². The van der Waals surface area contributed by atoms with Crippen molar-refractivity contribution in [1.82, 2.24) is 119 Å². The van der Waals surface area contributed by atoms with Crippen molar-refractivity contribution in [3.05, 3.63) is 166 Å². The van der Waals surface area contributed by atoms with E-state index in [0.29, 0.717) is 82.2 Å². The van der Waals surface area contributed by atoms with Crippen LogP contribution in [0.25, 0.3) is 51.5 Å². The quantitative estimate of drug-likeness (QED) is 0.0697. The third-order valence-corrected chi connectivity index (χ3v) is 17.6. The highest BCUT2D eigenvalue weighted by molar-refractivity contribution is 6.31. The minimum Gasteiger partial charge on any atom is -0.442 e. The van der Waals surface area contributed by atoms with Gasteiger partial charge in [0.15, 0.2) is 51.5 Å². The summed E-state index contributed by atoms with van der Waals surface area (Å²) in [5.74, 6) is 2.89. The summed E-state index contributed by atoms with van der Waals surface area (Å²) in [6.07, 6.45) is 6.53. The maximum Gasteiger partial charge on any atom is 0.436 e. The number of carbonyl (C=O) groups is 1. The Bertz CT molecular complexity index is 4820. The molecule has 3 aliphatic heterocycles. The first-order valence-corrected chi connectivity index (χ1v) is 33.3. The van der Waals surface area contributed by atoms with Crippen LogP contribution in [0.15, 0.2) is 111 Å². The highest BCUT2D eigenvalue weighted by Crippen LogP contribution is 2.36. The minimum absolute atomic E-state index is 0.0698. The lowest BCUT2D eigenvalue weighted by Crippen LogP contribution is -2.51. The van der Waals surface area contributed by atoms with E-state index < -0.39 is 47.3 Å². The first-order valence-electron chi connectivity index (χ1n) is 31.8. The zero-order valence-electron chi connectivity index (χ0n) is 55.4. The van der Waals surface area contributed by atoms with E-state index in [1.807, 2.05) is 34.6 Å². The van der Waals surface area contributed by atoms with Gasteiger partial charge in [0.25, 0.3) is 0 Å². The van der Waals surface area contributed by atoms with Crippen molar-refractivity contribution in [2.24, 2.45) is 5.92 Å². The van der Waals surface area contributed by atoms with Crippen LogP contribution in [-0.2, 0) is 23.3 Å². The summed E-state index contributed by atoms with van der Waals surface area (Å²) in [6, 6.07) is 5.13. The molecule has 104 heavy (non-hydrogen) atoms. The number of anilines is 2. The lowest BCUT2D eigenvalue weighted by atomic mass is 9.88. The predicted octanol–water partition coefficient (Wildman–Crippen LogP) is 12.1. The summed E-state index contributed by atoms with van der Waals surface area (Å²) >= 11 is 24.5. The topological polar surface area (TPSA) is 312 Å². The van der Waals surface area contributed by atoms with Crippen LogP contribution in [0.2, 0.25) is 20.6 Å². The Hall–Kier alpha value is -9.79. The highest BCUT2D eigenvalue weighted by Gasteiger charge is 2.37. The molecule has 0 aromatic carbocycles. The number of imidazole rings is 3.